The molecule has 18 heavy (non-hydrogen) atoms. The Kier molecular flexibility index (Phi) is 4.54. The van der Waals surface area contributed by atoms with Gasteiger partial charge >= 0.3 is 0 Å². The van der Waals surface area contributed by atoms with Crippen LogP contribution in [0.25, 0.3) is 0 Å². The van der Waals surface area contributed by atoms with Crippen molar-refractivity contribution in [1.29, 1.82) is 0 Å². The molecule has 0 amide bonds. The molecule has 1 heteroatoms. The summed E-state index contributed by atoms with van der Waals surface area (Å²) in [5.74, 6) is 0.569. The van der Waals surface area contributed by atoms with Gasteiger partial charge in [-0.2, -0.15) is 0 Å². The Balaban J connectivity index is 2.09. The standard InChI is InChI=1S/C17H21N/c1-14(13-15-9-5-3-6-10-15)17(18-2)16-11-7-4-8-12-16/h3-12,14,17-18H,13H2,1-2H3. The summed E-state index contributed by atoms with van der Waals surface area (Å²) >= 11 is 0. The molecule has 0 spiro atoms. The minimum atomic E-state index is 0.409. The van der Waals surface area contributed by atoms with Crippen LogP contribution in [0.5, 0.6) is 0 Å². The molecule has 2 aromatic carbocycles. The van der Waals surface area contributed by atoms with Gasteiger partial charge in [0.15, 0.2) is 0 Å². The van der Waals surface area contributed by atoms with Gasteiger partial charge in [0.2, 0.25) is 0 Å². The molecule has 0 aliphatic rings. The molecule has 2 aromatic rings. The Hall–Kier alpha value is -1.60. The van der Waals surface area contributed by atoms with E-state index >= 15 is 0 Å². The zero-order valence-electron chi connectivity index (χ0n) is 11.1. The lowest BCUT2D eigenvalue weighted by molar-refractivity contribution is 0.409. The van der Waals surface area contributed by atoms with Crippen LogP contribution in [-0.4, -0.2) is 7.05 Å². The lowest BCUT2D eigenvalue weighted by Crippen LogP contribution is -2.24. The van der Waals surface area contributed by atoms with E-state index in [-0.39, 0.29) is 0 Å². The molecule has 1 nitrogen and oxygen atoms in total. The molecule has 0 aliphatic heterocycles. The van der Waals surface area contributed by atoms with Crippen molar-refractivity contribution in [2.24, 2.45) is 5.92 Å². The van der Waals surface area contributed by atoms with Crippen molar-refractivity contribution in [2.75, 3.05) is 7.05 Å². The van der Waals surface area contributed by atoms with Crippen LogP contribution in [0, 0.1) is 5.92 Å². The minimum Gasteiger partial charge on any atom is -0.313 e. The molecule has 0 heterocycles. The average molecular weight is 239 g/mol. The van der Waals surface area contributed by atoms with Crippen LogP contribution in [-0.2, 0) is 6.42 Å². The Labute approximate surface area is 110 Å². The van der Waals surface area contributed by atoms with Crippen molar-refractivity contribution in [2.45, 2.75) is 19.4 Å². The van der Waals surface area contributed by atoms with Crippen molar-refractivity contribution in [1.82, 2.24) is 5.32 Å². The summed E-state index contributed by atoms with van der Waals surface area (Å²) in [6.45, 7) is 2.31. The zero-order valence-corrected chi connectivity index (χ0v) is 11.1. The van der Waals surface area contributed by atoms with Crippen LogP contribution in [0.1, 0.15) is 24.1 Å². The Morgan fingerprint density at radius 3 is 2.00 bits per heavy atom. The highest BCUT2D eigenvalue weighted by Gasteiger charge is 2.17. The normalized spacial score (nSPS) is 14.1. The summed E-state index contributed by atoms with van der Waals surface area (Å²) in [5, 5.41) is 3.44. The molecule has 2 rings (SSSR count). The van der Waals surface area contributed by atoms with E-state index < -0.39 is 0 Å². The first-order valence-corrected chi connectivity index (χ1v) is 6.57. The molecule has 0 radical (unpaired) electrons. The summed E-state index contributed by atoms with van der Waals surface area (Å²) in [5.41, 5.74) is 2.77. The molecule has 94 valence electrons. The highest BCUT2D eigenvalue weighted by atomic mass is 14.9. The molecular weight excluding hydrogens is 218 g/mol. The van der Waals surface area contributed by atoms with Crippen LogP contribution in [0.2, 0.25) is 0 Å². The highest BCUT2D eigenvalue weighted by molar-refractivity contribution is 5.21. The van der Waals surface area contributed by atoms with Gasteiger partial charge in [0.05, 0.1) is 0 Å². The summed E-state index contributed by atoms with van der Waals surface area (Å²) in [6, 6.07) is 21.8. The highest BCUT2D eigenvalue weighted by Crippen LogP contribution is 2.24. The maximum Gasteiger partial charge on any atom is 0.0346 e. The second kappa shape index (κ2) is 6.36. The Morgan fingerprint density at radius 2 is 1.44 bits per heavy atom. The number of benzene rings is 2. The van der Waals surface area contributed by atoms with E-state index in [2.05, 4.69) is 72.9 Å². The third-order valence-electron chi connectivity index (χ3n) is 3.44. The lowest BCUT2D eigenvalue weighted by Gasteiger charge is -2.24. The van der Waals surface area contributed by atoms with Crippen molar-refractivity contribution in [3.8, 4) is 0 Å². The zero-order chi connectivity index (χ0) is 12.8. The van der Waals surface area contributed by atoms with E-state index in [1.165, 1.54) is 11.1 Å². The second-order valence-corrected chi connectivity index (χ2v) is 4.84. The Morgan fingerprint density at radius 1 is 0.889 bits per heavy atom. The predicted molar refractivity (Wildman–Crippen MR) is 77.6 cm³/mol. The van der Waals surface area contributed by atoms with E-state index in [4.69, 9.17) is 0 Å². The second-order valence-electron chi connectivity index (χ2n) is 4.84. The first-order valence-electron chi connectivity index (χ1n) is 6.57. The van der Waals surface area contributed by atoms with Crippen molar-refractivity contribution >= 4 is 0 Å². The fourth-order valence-electron chi connectivity index (χ4n) is 2.54. The molecule has 0 bridgehead atoms. The predicted octanol–water partition coefficient (Wildman–Crippen LogP) is 3.83. The molecule has 0 aliphatic carbocycles. The van der Waals surface area contributed by atoms with E-state index in [9.17, 15) is 0 Å². The SMILES string of the molecule is CNC(c1ccccc1)C(C)Cc1ccccc1. The molecule has 1 N–H and O–H groups in total. The van der Waals surface area contributed by atoms with Crippen LogP contribution >= 0.6 is 0 Å². The van der Waals surface area contributed by atoms with Crippen molar-refractivity contribution < 1.29 is 0 Å². The molecule has 0 saturated carbocycles. The largest absolute Gasteiger partial charge is 0.313 e. The Bertz CT molecular complexity index is 450. The number of hydrogen-bond donors (Lipinski definition) is 1. The number of nitrogens with one attached hydrogen (secondary N) is 1. The maximum absolute atomic E-state index is 3.44. The first kappa shape index (κ1) is 12.8. The van der Waals surface area contributed by atoms with Crippen LogP contribution in [0.15, 0.2) is 60.7 Å². The maximum atomic E-state index is 3.44. The molecular formula is C17H21N. The van der Waals surface area contributed by atoms with Gasteiger partial charge in [-0.25, -0.2) is 0 Å². The topological polar surface area (TPSA) is 12.0 Å². The van der Waals surface area contributed by atoms with Gasteiger partial charge in [-0.3, -0.25) is 0 Å². The van der Waals surface area contributed by atoms with Crippen molar-refractivity contribution in [3.63, 3.8) is 0 Å². The first-order chi connectivity index (χ1) is 8.81. The van der Waals surface area contributed by atoms with Crippen molar-refractivity contribution in [3.05, 3.63) is 71.8 Å². The molecule has 0 fully saturated rings. The fraction of sp³-hybridized carbons (Fsp3) is 0.294. The van der Waals surface area contributed by atoms with Gasteiger partial charge in [0.25, 0.3) is 0 Å². The van der Waals surface area contributed by atoms with Gasteiger partial charge in [0, 0.05) is 6.04 Å². The lowest BCUT2D eigenvalue weighted by atomic mass is 9.89. The number of hydrogen-bond acceptors (Lipinski definition) is 1. The third kappa shape index (κ3) is 3.21. The van der Waals surface area contributed by atoms with E-state index in [1.807, 2.05) is 7.05 Å². The summed E-state index contributed by atoms with van der Waals surface area (Å²) in [7, 11) is 2.04. The molecule has 0 aromatic heterocycles. The van der Waals surface area contributed by atoms with Crippen LogP contribution in [0.3, 0.4) is 0 Å². The van der Waals surface area contributed by atoms with Gasteiger partial charge in [-0.05, 0) is 30.5 Å². The summed E-state index contributed by atoms with van der Waals surface area (Å²) in [6.07, 6.45) is 1.10. The van der Waals surface area contributed by atoms with E-state index in [0.717, 1.165) is 6.42 Å². The number of rotatable bonds is 5. The van der Waals surface area contributed by atoms with Gasteiger partial charge in [0.1, 0.15) is 0 Å². The molecule has 2 unspecified atom stereocenters. The smallest absolute Gasteiger partial charge is 0.0346 e. The monoisotopic (exact) mass is 239 g/mol. The fourth-order valence-corrected chi connectivity index (χ4v) is 2.54. The summed E-state index contributed by atoms with van der Waals surface area (Å²) in [4.78, 5) is 0. The minimum absolute atomic E-state index is 0.409. The summed E-state index contributed by atoms with van der Waals surface area (Å²) < 4.78 is 0. The van der Waals surface area contributed by atoms with Gasteiger partial charge in [-0.15, -0.1) is 0 Å². The van der Waals surface area contributed by atoms with Gasteiger partial charge in [-0.1, -0.05) is 67.6 Å². The molecule has 0 saturated heterocycles. The molecule has 2 atom stereocenters. The van der Waals surface area contributed by atoms with Crippen LogP contribution in [0.4, 0.5) is 0 Å². The average Bonchev–Trinajstić information content (AvgIpc) is 2.42. The van der Waals surface area contributed by atoms with E-state index in [0.29, 0.717) is 12.0 Å². The quantitative estimate of drug-likeness (QED) is 0.836. The van der Waals surface area contributed by atoms with E-state index in [1.54, 1.807) is 0 Å². The van der Waals surface area contributed by atoms with Gasteiger partial charge < -0.3 is 5.32 Å². The van der Waals surface area contributed by atoms with Crippen LogP contribution < -0.4 is 5.32 Å². The third-order valence-corrected chi connectivity index (χ3v) is 3.44.